The Hall–Kier alpha value is -3.45. The van der Waals surface area contributed by atoms with Crippen molar-refractivity contribution in [2.75, 3.05) is 52.4 Å². The zero-order chi connectivity index (χ0) is 27.8. The predicted molar refractivity (Wildman–Crippen MR) is 162 cm³/mol. The molecule has 7 heteroatoms. The van der Waals surface area contributed by atoms with Gasteiger partial charge in [-0.3, -0.25) is 0 Å². The second-order valence-corrected chi connectivity index (χ2v) is 9.85. The van der Waals surface area contributed by atoms with E-state index in [1.54, 1.807) is 21.3 Å². The third kappa shape index (κ3) is 5.93. The first-order valence-electron chi connectivity index (χ1n) is 14.2. The lowest BCUT2D eigenvalue weighted by molar-refractivity contribution is 0.300. The highest BCUT2D eigenvalue weighted by atomic mass is 16.5. The van der Waals surface area contributed by atoms with E-state index in [1.165, 1.54) is 21.8 Å². The topological polar surface area (TPSA) is 52.0 Å². The highest BCUT2D eigenvalue weighted by Crippen LogP contribution is 2.41. The average Bonchev–Trinajstić information content (AvgIpc) is 3.30. The standard InChI is InChI=1S/C32H44N4O3/c1-7-10-22-36-27-15-12-11-14-25(27)26-18-19-33-32(29(26)36)35(21-13-20-34(8-2)9-3)23-24-16-17-28(37-4)31(39-6)30(24)38-5/h11-12,14-19H,7-10,13,20-23H2,1-6H3. The average molecular weight is 533 g/mol. The van der Waals surface area contributed by atoms with Crippen molar-refractivity contribution in [2.45, 2.75) is 53.1 Å². The van der Waals surface area contributed by atoms with E-state index in [0.29, 0.717) is 23.8 Å². The molecule has 0 aliphatic carbocycles. The molecule has 0 aliphatic heterocycles. The Kier molecular flexibility index (Phi) is 9.93. The number of ether oxygens (including phenoxy) is 3. The quantitative estimate of drug-likeness (QED) is 0.169. The first-order valence-corrected chi connectivity index (χ1v) is 14.2. The number of aromatic nitrogens is 2. The lowest BCUT2D eigenvalue weighted by atomic mass is 10.1. The summed E-state index contributed by atoms with van der Waals surface area (Å²) in [6, 6.07) is 14.9. The van der Waals surface area contributed by atoms with Crippen molar-refractivity contribution < 1.29 is 14.2 Å². The van der Waals surface area contributed by atoms with Gasteiger partial charge in [-0.1, -0.05) is 45.4 Å². The molecule has 0 saturated carbocycles. The number of unbranched alkanes of at least 4 members (excludes halogenated alkanes) is 1. The van der Waals surface area contributed by atoms with Gasteiger partial charge in [-0.05, 0) is 56.7 Å². The maximum Gasteiger partial charge on any atom is 0.203 e. The van der Waals surface area contributed by atoms with E-state index in [9.17, 15) is 0 Å². The number of methoxy groups -OCH3 is 3. The number of rotatable bonds is 15. The molecule has 210 valence electrons. The van der Waals surface area contributed by atoms with Gasteiger partial charge in [0.15, 0.2) is 17.3 Å². The van der Waals surface area contributed by atoms with Crippen LogP contribution in [0.15, 0.2) is 48.7 Å². The fourth-order valence-electron chi connectivity index (χ4n) is 5.54. The Labute approximate surface area is 233 Å². The van der Waals surface area contributed by atoms with Crippen LogP contribution in [0.4, 0.5) is 5.82 Å². The van der Waals surface area contributed by atoms with E-state index in [0.717, 1.165) is 63.4 Å². The molecule has 0 N–H and O–H groups in total. The summed E-state index contributed by atoms with van der Waals surface area (Å²) < 4.78 is 19.6. The zero-order valence-electron chi connectivity index (χ0n) is 24.5. The number of fused-ring (bicyclic) bond motifs is 3. The zero-order valence-corrected chi connectivity index (χ0v) is 24.5. The van der Waals surface area contributed by atoms with Gasteiger partial charge in [0.05, 0.1) is 26.8 Å². The molecular weight excluding hydrogens is 488 g/mol. The van der Waals surface area contributed by atoms with E-state index in [-0.39, 0.29) is 0 Å². The molecule has 0 fully saturated rings. The van der Waals surface area contributed by atoms with E-state index in [2.05, 4.69) is 71.5 Å². The maximum atomic E-state index is 5.87. The molecule has 0 amide bonds. The predicted octanol–water partition coefficient (Wildman–Crippen LogP) is 6.75. The minimum absolute atomic E-state index is 0.615. The number of pyridine rings is 1. The first kappa shape index (κ1) is 28.6. The molecule has 0 bridgehead atoms. The van der Waals surface area contributed by atoms with Gasteiger partial charge in [0.25, 0.3) is 0 Å². The van der Waals surface area contributed by atoms with Crippen molar-refractivity contribution in [3.8, 4) is 17.2 Å². The molecule has 0 saturated heterocycles. The van der Waals surface area contributed by atoms with Gasteiger partial charge >= 0.3 is 0 Å². The summed E-state index contributed by atoms with van der Waals surface area (Å²) >= 11 is 0. The molecule has 4 rings (SSSR count). The summed E-state index contributed by atoms with van der Waals surface area (Å²) in [7, 11) is 4.99. The molecule has 39 heavy (non-hydrogen) atoms. The minimum Gasteiger partial charge on any atom is -0.493 e. The fraction of sp³-hybridized carbons (Fsp3) is 0.469. The second-order valence-electron chi connectivity index (χ2n) is 9.85. The minimum atomic E-state index is 0.615. The molecule has 0 spiro atoms. The maximum absolute atomic E-state index is 5.87. The van der Waals surface area contributed by atoms with Gasteiger partial charge in [-0.15, -0.1) is 0 Å². The summed E-state index contributed by atoms with van der Waals surface area (Å²) in [5.41, 5.74) is 3.50. The summed E-state index contributed by atoms with van der Waals surface area (Å²) in [5.74, 6) is 2.98. The van der Waals surface area contributed by atoms with E-state index >= 15 is 0 Å². The fourth-order valence-corrected chi connectivity index (χ4v) is 5.54. The van der Waals surface area contributed by atoms with Gasteiger partial charge in [0, 0.05) is 47.7 Å². The largest absolute Gasteiger partial charge is 0.493 e. The highest BCUT2D eigenvalue weighted by molar-refractivity contribution is 6.11. The lowest BCUT2D eigenvalue weighted by Gasteiger charge is -2.28. The summed E-state index contributed by atoms with van der Waals surface area (Å²) in [6.45, 7) is 12.3. The summed E-state index contributed by atoms with van der Waals surface area (Å²) in [6.07, 6.45) is 5.25. The van der Waals surface area contributed by atoms with Gasteiger partial charge in [0.1, 0.15) is 0 Å². The molecule has 7 nitrogen and oxygen atoms in total. The van der Waals surface area contributed by atoms with Gasteiger partial charge in [0.2, 0.25) is 5.75 Å². The second kappa shape index (κ2) is 13.6. The Morgan fingerprint density at radius 3 is 2.26 bits per heavy atom. The van der Waals surface area contributed by atoms with Crippen molar-refractivity contribution in [3.05, 3.63) is 54.2 Å². The number of nitrogens with zero attached hydrogens (tertiary/aromatic N) is 4. The highest BCUT2D eigenvalue weighted by Gasteiger charge is 2.22. The molecule has 2 aromatic carbocycles. The van der Waals surface area contributed by atoms with Crippen LogP contribution >= 0.6 is 0 Å². The SMILES string of the molecule is CCCCn1c2ccccc2c2ccnc(N(CCCN(CC)CC)Cc3ccc(OC)c(OC)c3OC)c21. The number of hydrogen-bond acceptors (Lipinski definition) is 6. The third-order valence-electron chi connectivity index (χ3n) is 7.64. The van der Waals surface area contributed by atoms with Crippen LogP contribution in [-0.4, -0.2) is 62.0 Å². The van der Waals surface area contributed by atoms with E-state index < -0.39 is 0 Å². The van der Waals surface area contributed by atoms with Crippen LogP contribution < -0.4 is 19.1 Å². The number of hydrogen-bond donors (Lipinski definition) is 0. The molecule has 0 unspecified atom stereocenters. The van der Waals surface area contributed by atoms with Crippen molar-refractivity contribution in [1.29, 1.82) is 0 Å². The first-order chi connectivity index (χ1) is 19.1. The van der Waals surface area contributed by atoms with Crippen LogP contribution in [0, 0.1) is 0 Å². The number of benzene rings is 2. The Morgan fingerprint density at radius 2 is 1.56 bits per heavy atom. The molecular formula is C32H44N4O3. The van der Waals surface area contributed by atoms with Crippen LogP contribution in [-0.2, 0) is 13.1 Å². The van der Waals surface area contributed by atoms with Crippen LogP contribution in [0.3, 0.4) is 0 Å². The summed E-state index contributed by atoms with van der Waals surface area (Å²) in [5, 5.41) is 2.53. The third-order valence-corrected chi connectivity index (χ3v) is 7.64. The van der Waals surface area contributed by atoms with Crippen LogP contribution in [0.5, 0.6) is 17.2 Å². The van der Waals surface area contributed by atoms with Crippen molar-refractivity contribution >= 4 is 27.6 Å². The molecule has 4 aromatic rings. The number of para-hydroxylation sites is 1. The molecule has 0 atom stereocenters. The van der Waals surface area contributed by atoms with Crippen LogP contribution in [0.25, 0.3) is 21.8 Å². The van der Waals surface area contributed by atoms with Gasteiger partial charge in [-0.2, -0.15) is 0 Å². The Bertz CT molecular complexity index is 1360. The van der Waals surface area contributed by atoms with Gasteiger partial charge < -0.3 is 28.6 Å². The van der Waals surface area contributed by atoms with Crippen molar-refractivity contribution in [1.82, 2.24) is 14.5 Å². The van der Waals surface area contributed by atoms with Crippen molar-refractivity contribution in [2.24, 2.45) is 0 Å². The molecule has 0 radical (unpaired) electrons. The smallest absolute Gasteiger partial charge is 0.203 e. The molecule has 0 aliphatic rings. The summed E-state index contributed by atoms with van der Waals surface area (Å²) in [4.78, 5) is 9.92. The van der Waals surface area contributed by atoms with E-state index in [1.807, 2.05) is 12.3 Å². The normalized spacial score (nSPS) is 11.5. The van der Waals surface area contributed by atoms with Crippen LogP contribution in [0.2, 0.25) is 0 Å². The molecule has 2 aromatic heterocycles. The number of anilines is 1. The molecule has 2 heterocycles. The number of aryl methyl sites for hydroxylation is 1. The lowest BCUT2D eigenvalue weighted by Crippen LogP contribution is -2.30. The van der Waals surface area contributed by atoms with E-state index in [4.69, 9.17) is 19.2 Å². The Morgan fingerprint density at radius 1 is 0.795 bits per heavy atom. The van der Waals surface area contributed by atoms with Crippen molar-refractivity contribution in [3.63, 3.8) is 0 Å². The van der Waals surface area contributed by atoms with Gasteiger partial charge in [-0.25, -0.2) is 4.98 Å². The van der Waals surface area contributed by atoms with Crippen LogP contribution in [0.1, 0.15) is 45.6 Å². The Balaban J connectivity index is 1.84. The monoisotopic (exact) mass is 532 g/mol.